The fourth-order valence-electron chi connectivity index (χ4n) is 2.15. The normalized spacial score (nSPS) is 11.1. The average Bonchev–Trinajstić information content (AvgIpc) is 2.58. The fraction of sp³-hybridized carbons (Fsp3) is 0.235. The molecule has 144 valence electrons. The van der Waals surface area contributed by atoms with Crippen LogP contribution in [-0.4, -0.2) is 22.9 Å². The quantitative estimate of drug-likeness (QED) is 0.808. The maximum absolute atomic E-state index is 12.7. The van der Waals surface area contributed by atoms with Crippen molar-refractivity contribution in [2.75, 3.05) is 11.9 Å². The van der Waals surface area contributed by atoms with Crippen LogP contribution in [0.4, 0.5) is 18.9 Å². The second kappa shape index (κ2) is 8.26. The second-order valence-corrected chi connectivity index (χ2v) is 6.03. The zero-order chi connectivity index (χ0) is 20.2. The van der Waals surface area contributed by atoms with E-state index in [0.717, 1.165) is 6.07 Å². The molecule has 0 unspecified atom stereocenters. The molecule has 0 atom stereocenters. The summed E-state index contributed by atoms with van der Waals surface area (Å²) in [6.07, 6.45) is -4.09. The topological polar surface area (TPSA) is 80.2 Å². The van der Waals surface area contributed by atoms with Crippen molar-refractivity contribution in [2.45, 2.75) is 19.6 Å². The van der Waals surface area contributed by atoms with Crippen LogP contribution in [0.15, 0.2) is 41.3 Å². The number of carbonyl (C=O) groups excluding carboxylic acids is 2. The van der Waals surface area contributed by atoms with Crippen LogP contribution >= 0.6 is 11.6 Å². The summed E-state index contributed by atoms with van der Waals surface area (Å²) in [4.78, 5) is 35.4. The molecular formula is C17H15ClF3N3O3. The van der Waals surface area contributed by atoms with Crippen molar-refractivity contribution < 1.29 is 22.8 Å². The van der Waals surface area contributed by atoms with Crippen molar-refractivity contribution in [1.82, 2.24) is 9.88 Å². The van der Waals surface area contributed by atoms with E-state index in [4.69, 9.17) is 11.6 Å². The summed E-state index contributed by atoms with van der Waals surface area (Å²) in [7, 11) is 0. The van der Waals surface area contributed by atoms with Gasteiger partial charge in [0.1, 0.15) is 6.54 Å². The monoisotopic (exact) mass is 401 g/mol. The summed E-state index contributed by atoms with van der Waals surface area (Å²) in [5.74, 6) is -1.33. The van der Waals surface area contributed by atoms with Gasteiger partial charge in [-0.2, -0.15) is 13.2 Å². The second-order valence-electron chi connectivity index (χ2n) is 5.62. The van der Waals surface area contributed by atoms with Crippen LogP contribution in [0, 0.1) is 6.92 Å². The van der Waals surface area contributed by atoms with Crippen molar-refractivity contribution in [1.29, 1.82) is 0 Å². The predicted molar refractivity (Wildman–Crippen MR) is 93.5 cm³/mol. The molecule has 1 heterocycles. The molecule has 0 aliphatic rings. The standard InChI is InChI=1S/C17H15ClF3N3O3/c1-10-12(18)3-2-4-13(10)23-14(25)7-22-15(26)9-24-8-11(17(19,20)21)5-6-16(24)27/h2-6,8H,7,9H2,1H3,(H,22,26)(H,23,25). The van der Waals surface area contributed by atoms with Crippen molar-refractivity contribution in [3.8, 4) is 0 Å². The SMILES string of the molecule is Cc1c(Cl)cccc1NC(=O)CNC(=O)Cn1cc(C(F)(F)F)ccc1=O. The zero-order valence-electron chi connectivity index (χ0n) is 14.1. The number of benzene rings is 1. The van der Waals surface area contributed by atoms with E-state index in [1.165, 1.54) is 0 Å². The number of hydrogen-bond donors (Lipinski definition) is 2. The molecule has 10 heteroatoms. The first-order valence-electron chi connectivity index (χ1n) is 7.67. The van der Waals surface area contributed by atoms with Gasteiger partial charge in [-0.1, -0.05) is 17.7 Å². The molecule has 0 fully saturated rings. The number of pyridine rings is 1. The summed E-state index contributed by atoms with van der Waals surface area (Å²) in [6.45, 7) is 0.640. The van der Waals surface area contributed by atoms with Gasteiger partial charge in [0, 0.05) is 23.0 Å². The molecule has 0 saturated heterocycles. The smallest absolute Gasteiger partial charge is 0.345 e. The van der Waals surface area contributed by atoms with Crippen molar-refractivity contribution in [3.63, 3.8) is 0 Å². The van der Waals surface area contributed by atoms with Crippen molar-refractivity contribution >= 4 is 29.1 Å². The summed E-state index contributed by atoms with van der Waals surface area (Å²) in [5, 5.41) is 5.26. The molecule has 0 bridgehead atoms. The molecular weight excluding hydrogens is 387 g/mol. The number of alkyl halides is 3. The maximum Gasteiger partial charge on any atom is 0.417 e. The molecule has 0 spiro atoms. The Morgan fingerprint density at radius 3 is 2.52 bits per heavy atom. The Hall–Kier alpha value is -2.81. The van der Waals surface area contributed by atoms with E-state index in [9.17, 15) is 27.6 Å². The number of nitrogens with zero attached hydrogens (tertiary/aromatic N) is 1. The summed E-state index contributed by atoms with van der Waals surface area (Å²) in [5.41, 5.74) is -0.702. The first-order chi connectivity index (χ1) is 12.6. The first kappa shape index (κ1) is 20.5. The summed E-state index contributed by atoms with van der Waals surface area (Å²) < 4.78 is 38.7. The number of carbonyl (C=O) groups is 2. The van der Waals surface area contributed by atoms with Gasteiger partial charge < -0.3 is 15.2 Å². The lowest BCUT2D eigenvalue weighted by atomic mass is 10.2. The molecule has 2 N–H and O–H groups in total. The molecule has 2 amide bonds. The first-order valence-corrected chi connectivity index (χ1v) is 8.05. The molecule has 1 aromatic carbocycles. The molecule has 2 rings (SSSR count). The van der Waals surface area contributed by atoms with E-state index >= 15 is 0 Å². The predicted octanol–water partition coefficient (Wildman–Crippen LogP) is 2.58. The number of halogens is 4. The number of aromatic nitrogens is 1. The van der Waals surface area contributed by atoms with E-state index in [1.807, 2.05) is 0 Å². The maximum atomic E-state index is 12.7. The molecule has 2 aromatic rings. The van der Waals surface area contributed by atoms with Crippen LogP contribution in [0.5, 0.6) is 0 Å². The van der Waals surface area contributed by atoms with Gasteiger partial charge in [0.2, 0.25) is 11.8 Å². The number of nitrogens with one attached hydrogen (secondary N) is 2. The molecule has 0 aliphatic carbocycles. The highest BCUT2D eigenvalue weighted by Gasteiger charge is 2.31. The third kappa shape index (κ3) is 5.58. The Morgan fingerprint density at radius 2 is 1.85 bits per heavy atom. The van der Waals surface area contributed by atoms with Gasteiger partial charge in [-0.3, -0.25) is 14.4 Å². The average molecular weight is 402 g/mol. The molecule has 1 aromatic heterocycles. The van der Waals surface area contributed by atoms with E-state index < -0.39 is 42.2 Å². The van der Waals surface area contributed by atoms with Gasteiger partial charge in [-0.05, 0) is 30.7 Å². The third-order valence-electron chi connectivity index (χ3n) is 3.61. The third-order valence-corrected chi connectivity index (χ3v) is 4.02. The van der Waals surface area contributed by atoms with Crippen molar-refractivity contribution in [2.24, 2.45) is 0 Å². The largest absolute Gasteiger partial charge is 0.417 e. The van der Waals surface area contributed by atoms with Crippen molar-refractivity contribution in [3.05, 3.63) is 63.0 Å². The minimum absolute atomic E-state index is 0.418. The van der Waals surface area contributed by atoms with E-state index in [1.54, 1.807) is 25.1 Å². The number of hydrogen-bond acceptors (Lipinski definition) is 3. The molecule has 0 aliphatic heterocycles. The highest BCUT2D eigenvalue weighted by Crippen LogP contribution is 2.28. The van der Waals surface area contributed by atoms with E-state index in [0.29, 0.717) is 33.1 Å². The van der Waals surface area contributed by atoms with Gasteiger partial charge in [-0.25, -0.2) is 0 Å². The van der Waals surface area contributed by atoms with Gasteiger partial charge in [-0.15, -0.1) is 0 Å². The van der Waals surface area contributed by atoms with Crippen LogP contribution in [0.2, 0.25) is 5.02 Å². The Balaban J connectivity index is 1.95. The van der Waals surface area contributed by atoms with Gasteiger partial charge in [0.05, 0.1) is 12.1 Å². The minimum Gasteiger partial charge on any atom is -0.345 e. The fourth-order valence-corrected chi connectivity index (χ4v) is 2.32. The van der Waals surface area contributed by atoms with Crippen LogP contribution in [-0.2, 0) is 22.3 Å². The highest BCUT2D eigenvalue weighted by atomic mass is 35.5. The van der Waals surface area contributed by atoms with Gasteiger partial charge in [0.15, 0.2) is 0 Å². The number of rotatable bonds is 5. The van der Waals surface area contributed by atoms with Crippen LogP contribution in [0.1, 0.15) is 11.1 Å². The Labute approximate surface area is 156 Å². The zero-order valence-corrected chi connectivity index (χ0v) is 14.8. The molecule has 6 nitrogen and oxygen atoms in total. The van der Waals surface area contributed by atoms with Crippen LogP contribution in [0.3, 0.4) is 0 Å². The highest BCUT2D eigenvalue weighted by molar-refractivity contribution is 6.31. The van der Waals surface area contributed by atoms with Crippen LogP contribution in [0.25, 0.3) is 0 Å². The van der Waals surface area contributed by atoms with E-state index in [2.05, 4.69) is 10.6 Å². The lowest BCUT2D eigenvalue weighted by Gasteiger charge is -2.12. The Kier molecular flexibility index (Phi) is 6.27. The lowest BCUT2D eigenvalue weighted by Crippen LogP contribution is -2.37. The summed E-state index contributed by atoms with van der Waals surface area (Å²) >= 11 is 5.94. The molecule has 0 radical (unpaired) electrons. The number of anilines is 1. The Morgan fingerprint density at radius 1 is 1.15 bits per heavy atom. The van der Waals surface area contributed by atoms with Crippen LogP contribution < -0.4 is 16.2 Å². The minimum atomic E-state index is -4.64. The van der Waals surface area contributed by atoms with Gasteiger partial charge >= 0.3 is 6.18 Å². The van der Waals surface area contributed by atoms with E-state index in [-0.39, 0.29) is 0 Å². The molecule has 27 heavy (non-hydrogen) atoms. The number of amides is 2. The van der Waals surface area contributed by atoms with Gasteiger partial charge in [0.25, 0.3) is 5.56 Å². The summed E-state index contributed by atoms with van der Waals surface area (Å²) in [6, 6.07) is 6.29. The lowest BCUT2D eigenvalue weighted by molar-refractivity contribution is -0.138. The Bertz CT molecular complexity index is 926. The molecule has 0 saturated carbocycles.